The molecule has 1 heterocycles. The molecule has 33 heavy (non-hydrogen) atoms. The van der Waals surface area contributed by atoms with Crippen molar-refractivity contribution in [3.8, 4) is 5.75 Å². The van der Waals surface area contributed by atoms with Crippen LogP contribution in [0.3, 0.4) is 0 Å². The van der Waals surface area contributed by atoms with E-state index in [1.54, 1.807) is 18.2 Å². The highest BCUT2D eigenvalue weighted by atomic mass is 79.9. The molecule has 1 aliphatic heterocycles. The molecule has 6 nitrogen and oxygen atoms in total. The summed E-state index contributed by atoms with van der Waals surface area (Å²) in [6.07, 6.45) is 3.55. The average Bonchev–Trinajstić information content (AvgIpc) is 3.12. The van der Waals surface area contributed by atoms with Crippen LogP contribution in [0, 0.1) is 10.1 Å². The van der Waals surface area contributed by atoms with Gasteiger partial charge in [0.05, 0.1) is 27.4 Å². The van der Waals surface area contributed by atoms with Crippen molar-refractivity contribution in [2.45, 2.75) is 6.92 Å². The molecule has 8 heteroatoms. The summed E-state index contributed by atoms with van der Waals surface area (Å²) in [5.41, 5.74) is 2.78. The van der Waals surface area contributed by atoms with E-state index in [0.717, 1.165) is 15.6 Å². The summed E-state index contributed by atoms with van der Waals surface area (Å²) in [4.78, 5) is 25.8. The number of nitrogens with zero attached hydrogens (tertiary/aromatic N) is 2. The number of ether oxygens (including phenoxy) is 1. The lowest BCUT2D eigenvalue weighted by Crippen LogP contribution is -2.25. The third-order valence-electron chi connectivity index (χ3n) is 5.02. The van der Waals surface area contributed by atoms with E-state index in [9.17, 15) is 14.9 Å². The summed E-state index contributed by atoms with van der Waals surface area (Å²) in [5.74, 6) is 0.420. The van der Waals surface area contributed by atoms with E-state index in [1.165, 1.54) is 17.0 Å². The van der Waals surface area contributed by atoms with Gasteiger partial charge in [-0.25, -0.2) is 0 Å². The third-order valence-corrected chi connectivity index (χ3v) is 5.95. The number of hydrogen-bond acceptors (Lipinski definition) is 4. The molecule has 1 amide bonds. The summed E-state index contributed by atoms with van der Waals surface area (Å²) in [6, 6.07) is 19.3. The van der Waals surface area contributed by atoms with Gasteiger partial charge in [0.2, 0.25) is 0 Å². The Morgan fingerprint density at radius 3 is 2.55 bits per heavy atom. The average molecular weight is 526 g/mol. The predicted octanol–water partition coefficient (Wildman–Crippen LogP) is 6.88. The molecule has 0 atom stereocenters. The minimum Gasteiger partial charge on any atom is -0.493 e. The molecule has 0 saturated carbocycles. The first-order valence-electron chi connectivity index (χ1n) is 10.1. The van der Waals surface area contributed by atoms with Gasteiger partial charge in [0.25, 0.3) is 11.6 Å². The number of anilines is 1. The first-order valence-corrected chi connectivity index (χ1v) is 11.3. The number of hydrogen-bond donors (Lipinski definition) is 0. The molecule has 3 aromatic carbocycles. The zero-order valence-corrected chi connectivity index (χ0v) is 19.8. The molecular formula is C25H18BrClN2O4. The quantitative estimate of drug-likeness (QED) is 0.200. The molecule has 3 aromatic rings. The van der Waals surface area contributed by atoms with Gasteiger partial charge in [-0.3, -0.25) is 19.8 Å². The largest absolute Gasteiger partial charge is 0.493 e. The van der Waals surface area contributed by atoms with Crippen molar-refractivity contribution in [1.29, 1.82) is 0 Å². The van der Waals surface area contributed by atoms with Gasteiger partial charge >= 0.3 is 0 Å². The number of nitro groups is 1. The Morgan fingerprint density at radius 2 is 1.88 bits per heavy atom. The highest BCUT2D eigenvalue weighted by molar-refractivity contribution is 9.10. The summed E-state index contributed by atoms with van der Waals surface area (Å²) < 4.78 is 6.33. The van der Waals surface area contributed by atoms with Gasteiger partial charge in [-0.2, -0.15) is 0 Å². The number of carbonyl (C=O) groups is 1. The van der Waals surface area contributed by atoms with Crippen molar-refractivity contribution >= 4 is 56.6 Å². The Balaban J connectivity index is 1.80. The van der Waals surface area contributed by atoms with Crippen LogP contribution in [0.4, 0.5) is 11.4 Å². The molecule has 0 aromatic heterocycles. The lowest BCUT2D eigenvalue weighted by molar-refractivity contribution is -0.384. The van der Waals surface area contributed by atoms with Crippen LogP contribution < -0.4 is 9.64 Å². The Hall–Kier alpha value is -3.42. The second kappa shape index (κ2) is 9.60. The molecule has 0 aliphatic carbocycles. The summed E-state index contributed by atoms with van der Waals surface area (Å²) in [5, 5.41) is 11.4. The fourth-order valence-electron chi connectivity index (χ4n) is 3.53. The smallest absolute Gasteiger partial charge is 0.289 e. The van der Waals surface area contributed by atoms with Crippen LogP contribution in [0.2, 0.25) is 5.02 Å². The van der Waals surface area contributed by atoms with E-state index in [2.05, 4.69) is 15.9 Å². The number of rotatable bonds is 6. The highest BCUT2D eigenvalue weighted by Gasteiger charge is 2.31. The van der Waals surface area contributed by atoms with Crippen LogP contribution in [0.15, 0.2) is 82.9 Å². The van der Waals surface area contributed by atoms with E-state index < -0.39 is 4.92 Å². The lowest BCUT2D eigenvalue weighted by atomic mass is 10.1. The summed E-state index contributed by atoms with van der Waals surface area (Å²) in [6.45, 7) is 2.45. The van der Waals surface area contributed by atoms with Crippen LogP contribution in [-0.2, 0) is 4.79 Å². The van der Waals surface area contributed by atoms with Gasteiger partial charge in [-0.1, -0.05) is 48.0 Å². The van der Waals surface area contributed by atoms with Crippen molar-refractivity contribution in [2.24, 2.45) is 0 Å². The van der Waals surface area contributed by atoms with Crippen LogP contribution >= 0.6 is 27.5 Å². The fraction of sp³-hybridized carbons (Fsp3) is 0.0800. The molecule has 0 bridgehead atoms. The van der Waals surface area contributed by atoms with Gasteiger partial charge in [-0.05, 0) is 70.4 Å². The molecule has 0 fully saturated rings. The minimum atomic E-state index is -0.563. The molecule has 0 N–H and O–H groups in total. The number of carbonyl (C=O) groups excluding carboxylic acids is 1. The normalized spacial score (nSPS) is 14.5. The molecule has 4 rings (SSSR count). The second-order valence-electron chi connectivity index (χ2n) is 7.15. The van der Waals surface area contributed by atoms with Crippen molar-refractivity contribution in [3.05, 3.63) is 109 Å². The maximum atomic E-state index is 13.5. The number of amides is 1. The van der Waals surface area contributed by atoms with Crippen molar-refractivity contribution in [1.82, 2.24) is 0 Å². The number of benzene rings is 3. The van der Waals surface area contributed by atoms with Gasteiger partial charge in [0.15, 0.2) is 0 Å². The van der Waals surface area contributed by atoms with Gasteiger partial charge in [-0.15, -0.1) is 0 Å². The second-order valence-corrected chi connectivity index (χ2v) is 8.41. The molecule has 0 saturated heterocycles. The van der Waals surface area contributed by atoms with Crippen LogP contribution in [-0.4, -0.2) is 17.4 Å². The molecule has 0 spiro atoms. The fourth-order valence-corrected chi connectivity index (χ4v) is 4.23. The van der Waals surface area contributed by atoms with E-state index in [4.69, 9.17) is 16.3 Å². The monoisotopic (exact) mass is 524 g/mol. The third kappa shape index (κ3) is 4.69. The van der Waals surface area contributed by atoms with E-state index in [-0.39, 0.29) is 16.6 Å². The maximum absolute atomic E-state index is 13.5. The van der Waals surface area contributed by atoms with Gasteiger partial charge in [0, 0.05) is 11.6 Å². The first-order chi connectivity index (χ1) is 15.9. The topological polar surface area (TPSA) is 72.7 Å². The number of halogens is 2. The zero-order valence-electron chi connectivity index (χ0n) is 17.5. The van der Waals surface area contributed by atoms with E-state index in [0.29, 0.717) is 29.3 Å². The highest BCUT2D eigenvalue weighted by Crippen LogP contribution is 2.38. The van der Waals surface area contributed by atoms with E-state index >= 15 is 0 Å². The Kier molecular flexibility index (Phi) is 6.62. The molecule has 0 radical (unpaired) electrons. The van der Waals surface area contributed by atoms with Gasteiger partial charge < -0.3 is 4.74 Å². The molecule has 0 unspecified atom stereocenters. The summed E-state index contributed by atoms with van der Waals surface area (Å²) in [7, 11) is 0. The predicted molar refractivity (Wildman–Crippen MR) is 133 cm³/mol. The Morgan fingerprint density at radius 1 is 1.12 bits per heavy atom. The van der Waals surface area contributed by atoms with Crippen LogP contribution in [0.5, 0.6) is 5.75 Å². The minimum absolute atomic E-state index is 0.00985. The van der Waals surface area contributed by atoms with Crippen molar-refractivity contribution in [3.63, 3.8) is 0 Å². The maximum Gasteiger partial charge on any atom is 0.289 e. The molecule has 166 valence electrons. The standard InChI is InChI=1S/C25H18BrClN2O4/c1-2-33-24-11-8-16(13-20(24)26)12-18-14-22(17-6-4-3-5-7-17)28(25(18)30)19-9-10-21(27)23(15-19)29(31)32/h3-15H,2H2,1H3/b18-12+. The van der Waals surface area contributed by atoms with Crippen LogP contribution in [0.25, 0.3) is 11.8 Å². The number of nitro benzene ring substituents is 1. The van der Waals surface area contributed by atoms with Crippen molar-refractivity contribution < 1.29 is 14.5 Å². The Labute approximate surface area is 204 Å². The molecule has 1 aliphatic rings. The zero-order chi connectivity index (χ0) is 23.5. The lowest BCUT2D eigenvalue weighted by Gasteiger charge is -2.21. The first kappa shape index (κ1) is 22.8. The van der Waals surface area contributed by atoms with Crippen LogP contribution in [0.1, 0.15) is 18.1 Å². The van der Waals surface area contributed by atoms with Gasteiger partial charge in [0.1, 0.15) is 10.8 Å². The SMILES string of the molecule is CCOc1ccc(/C=C2\C=C(c3ccccc3)N(c3ccc(Cl)c([N+](=O)[O-])c3)C2=O)cc1Br. The van der Waals surface area contributed by atoms with E-state index in [1.807, 2.05) is 55.5 Å². The summed E-state index contributed by atoms with van der Waals surface area (Å²) >= 11 is 9.48. The Bertz CT molecular complexity index is 1310. The van der Waals surface area contributed by atoms with Crippen molar-refractivity contribution in [2.75, 3.05) is 11.5 Å². The molecular weight excluding hydrogens is 508 g/mol.